The van der Waals surface area contributed by atoms with Crippen molar-refractivity contribution >= 4 is 23.1 Å². The Morgan fingerprint density at radius 2 is 2.14 bits per heavy atom. The molecule has 0 saturated heterocycles. The van der Waals surface area contributed by atoms with Crippen LogP contribution in [0, 0.1) is 0 Å². The summed E-state index contributed by atoms with van der Waals surface area (Å²) in [5.74, 6) is 1.34. The molecule has 0 radical (unpaired) electrons. The van der Waals surface area contributed by atoms with Crippen LogP contribution < -0.4 is 0 Å². The lowest BCUT2D eigenvalue weighted by Crippen LogP contribution is -2.07. The van der Waals surface area contributed by atoms with Gasteiger partial charge in [-0.15, -0.1) is 11.6 Å². The average molecular weight is 233 g/mol. The molecule has 1 aromatic heterocycles. The molecule has 0 bridgehead atoms. The van der Waals surface area contributed by atoms with Gasteiger partial charge in [-0.1, -0.05) is 13.8 Å². The minimum atomic E-state index is 0.141. The van der Waals surface area contributed by atoms with Crippen molar-refractivity contribution in [2.75, 3.05) is 0 Å². The van der Waals surface area contributed by atoms with Crippen LogP contribution in [-0.2, 0) is 6.42 Å². The Morgan fingerprint density at radius 1 is 1.43 bits per heavy atom. The third kappa shape index (κ3) is 2.92. The highest BCUT2D eigenvalue weighted by molar-refractivity contribution is 7.05. The molecule has 1 rings (SSSR count). The van der Waals surface area contributed by atoms with Crippen LogP contribution >= 0.6 is 23.1 Å². The molecule has 80 valence electrons. The Bertz CT molecular complexity index is 273. The fourth-order valence-corrected chi connectivity index (χ4v) is 2.79. The van der Waals surface area contributed by atoms with Crippen molar-refractivity contribution in [2.24, 2.45) is 0 Å². The molecule has 2 nitrogen and oxygen atoms in total. The Morgan fingerprint density at radius 3 is 2.64 bits per heavy atom. The van der Waals surface area contributed by atoms with Crippen molar-refractivity contribution in [3.63, 3.8) is 0 Å². The van der Waals surface area contributed by atoms with Gasteiger partial charge in [0.15, 0.2) is 0 Å². The van der Waals surface area contributed by atoms with Gasteiger partial charge in [-0.3, -0.25) is 0 Å². The molecular formula is C10H17ClN2S. The fourth-order valence-electron chi connectivity index (χ4n) is 1.44. The molecule has 0 aliphatic heterocycles. The first-order chi connectivity index (χ1) is 6.69. The Labute approximate surface area is 94.9 Å². The lowest BCUT2D eigenvalue weighted by molar-refractivity contribution is 0.641. The summed E-state index contributed by atoms with van der Waals surface area (Å²) < 4.78 is 4.33. The van der Waals surface area contributed by atoms with Crippen molar-refractivity contribution in [1.29, 1.82) is 0 Å². The van der Waals surface area contributed by atoms with E-state index >= 15 is 0 Å². The smallest absolute Gasteiger partial charge is 0.142 e. The van der Waals surface area contributed by atoms with Gasteiger partial charge in [0.05, 0.1) is 0 Å². The molecule has 2 atom stereocenters. The van der Waals surface area contributed by atoms with Crippen molar-refractivity contribution in [2.45, 2.75) is 51.3 Å². The molecule has 14 heavy (non-hydrogen) atoms. The summed E-state index contributed by atoms with van der Waals surface area (Å²) in [5, 5.41) is 1.24. The third-order valence-electron chi connectivity index (χ3n) is 2.27. The fraction of sp³-hybridized carbons (Fsp3) is 0.800. The number of hydrogen-bond donors (Lipinski definition) is 0. The van der Waals surface area contributed by atoms with Crippen LogP contribution in [-0.4, -0.2) is 14.7 Å². The first-order valence-electron chi connectivity index (χ1n) is 5.15. The topological polar surface area (TPSA) is 25.8 Å². The second kappa shape index (κ2) is 5.66. The molecule has 0 amide bonds. The van der Waals surface area contributed by atoms with Crippen molar-refractivity contribution in [1.82, 2.24) is 9.36 Å². The number of rotatable bonds is 5. The first-order valence-corrected chi connectivity index (χ1v) is 6.36. The van der Waals surface area contributed by atoms with E-state index in [0.29, 0.717) is 5.92 Å². The minimum Gasteiger partial charge on any atom is -0.224 e. The van der Waals surface area contributed by atoms with Crippen molar-refractivity contribution in [3.05, 3.63) is 10.8 Å². The third-order valence-corrected chi connectivity index (χ3v) is 3.46. The molecule has 0 aromatic carbocycles. The van der Waals surface area contributed by atoms with E-state index < -0.39 is 0 Å². The summed E-state index contributed by atoms with van der Waals surface area (Å²) in [6, 6.07) is 0. The zero-order valence-electron chi connectivity index (χ0n) is 8.96. The van der Waals surface area contributed by atoms with Gasteiger partial charge in [0.2, 0.25) is 0 Å². The minimum absolute atomic E-state index is 0.141. The maximum atomic E-state index is 6.10. The number of alkyl halides is 1. The van der Waals surface area contributed by atoms with E-state index in [9.17, 15) is 0 Å². The lowest BCUT2D eigenvalue weighted by Gasteiger charge is -2.12. The van der Waals surface area contributed by atoms with Crippen LogP contribution in [0.3, 0.4) is 0 Å². The highest BCUT2D eigenvalue weighted by Gasteiger charge is 2.19. The van der Waals surface area contributed by atoms with E-state index in [4.69, 9.17) is 11.6 Å². The quantitative estimate of drug-likeness (QED) is 0.725. The van der Waals surface area contributed by atoms with E-state index in [-0.39, 0.29) is 5.38 Å². The van der Waals surface area contributed by atoms with E-state index in [2.05, 4.69) is 23.2 Å². The normalized spacial score (nSPS) is 15.4. The molecule has 0 spiro atoms. The molecular weight excluding hydrogens is 216 g/mol. The van der Waals surface area contributed by atoms with Crippen LogP contribution in [0.15, 0.2) is 0 Å². The summed E-state index contributed by atoms with van der Waals surface area (Å²) in [4.78, 5) is 4.52. The second-order valence-corrected chi connectivity index (χ2v) is 4.96. The number of halogens is 1. The Hall–Kier alpha value is -0.150. The average Bonchev–Trinajstić information content (AvgIpc) is 2.54. The van der Waals surface area contributed by atoms with Crippen molar-refractivity contribution in [3.8, 4) is 0 Å². The zero-order chi connectivity index (χ0) is 10.6. The molecule has 1 aromatic rings. The van der Waals surface area contributed by atoms with Gasteiger partial charge in [-0.2, -0.15) is 4.37 Å². The van der Waals surface area contributed by atoms with E-state index in [0.717, 1.165) is 30.1 Å². The SMILES string of the molecule is CCCc1nsc(C(CC)C(C)Cl)n1. The molecule has 0 aliphatic rings. The summed E-state index contributed by atoms with van der Waals surface area (Å²) in [6.07, 6.45) is 3.11. The van der Waals surface area contributed by atoms with Gasteiger partial charge in [0.1, 0.15) is 10.8 Å². The lowest BCUT2D eigenvalue weighted by atomic mass is 10.0. The number of nitrogens with zero attached hydrogens (tertiary/aromatic N) is 2. The first kappa shape index (κ1) is 11.9. The maximum Gasteiger partial charge on any atom is 0.142 e. The van der Waals surface area contributed by atoms with Crippen LogP contribution in [0.2, 0.25) is 0 Å². The molecule has 2 unspecified atom stereocenters. The summed E-state index contributed by atoms with van der Waals surface area (Å²) >= 11 is 7.61. The van der Waals surface area contributed by atoms with Crippen LogP contribution in [0.25, 0.3) is 0 Å². The number of hydrogen-bond acceptors (Lipinski definition) is 3. The molecule has 0 fully saturated rings. The summed E-state index contributed by atoms with van der Waals surface area (Å²) in [6.45, 7) is 6.31. The highest BCUT2D eigenvalue weighted by Crippen LogP contribution is 2.28. The largest absolute Gasteiger partial charge is 0.224 e. The summed E-state index contributed by atoms with van der Waals surface area (Å²) in [5.41, 5.74) is 0. The monoisotopic (exact) mass is 232 g/mol. The van der Waals surface area contributed by atoms with Gasteiger partial charge < -0.3 is 0 Å². The maximum absolute atomic E-state index is 6.10. The zero-order valence-corrected chi connectivity index (χ0v) is 10.5. The van der Waals surface area contributed by atoms with Gasteiger partial charge in [-0.05, 0) is 31.3 Å². The van der Waals surface area contributed by atoms with Crippen LogP contribution in [0.4, 0.5) is 0 Å². The molecule has 0 aliphatic carbocycles. The Kier molecular flexibility index (Phi) is 4.82. The van der Waals surface area contributed by atoms with Crippen LogP contribution in [0.1, 0.15) is 50.4 Å². The highest BCUT2D eigenvalue weighted by atomic mass is 35.5. The number of aromatic nitrogens is 2. The van der Waals surface area contributed by atoms with Gasteiger partial charge in [0.25, 0.3) is 0 Å². The molecule has 0 saturated carbocycles. The predicted molar refractivity (Wildman–Crippen MR) is 62.3 cm³/mol. The van der Waals surface area contributed by atoms with Crippen LogP contribution in [0.5, 0.6) is 0 Å². The summed E-state index contributed by atoms with van der Waals surface area (Å²) in [7, 11) is 0. The number of aryl methyl sites for hydroxylation is 1. The predicted octanol–water partition coefficient (Wildman–Crippen LogP) is 3.61. The van der Waals surface area contributed by atoms with E-state index in [1.807, 2.05) is 6.92 Å². The van der Waals surface area contributed by atoms with Crippen molar-refractivity contribution < 1.29 is 0 Å². The van der Waals surface area contributed by atoms with Gasteiger partial charge >= 0.3 is 0 Å². The standard InChI is InChI=1S/C10H17ClN2S/c1-4-6-9-12-10(14-13-9)8(5-2)7(3)11/h7-8H,4-6H2,1-3H3. The van der Waals surface area contributed by atoms with E-state index in [1.54, 1.807) is 0 Å². The van der Waals surface area contributed by atoms with Gasteiger partial charge in [-0.25, -0.2) is 4.98 Å². The van der Waals surface area contributed by atoms with E-state index in [1.165, 1.54) is 11.5 Å². The molecule has 4 heteroatoms. The van der Waals surface area contributed by atoms with Gasteiger partial charge in [0, 0.05) is 17.7 Å². The Balaban J connectivity index is 2.73. The molecule has 0 N–H and O–H groups in total. The second-order valence-electron chi connectivity index (χ2n) is 3.49. The molecule has 1 heterocycles.